The van der Waals surface area contributed by atoms with Crippen molar-refractivity contribution in [2.24, 2.45) is 0 Å². The van der Waals surface area contributed by atoms with E-state index in [0.717, 1.165) is 16.9 Å². The molecule has 0 fully saturated rings. The van der Waals surface area contributed by atoms with E-state index < -0.39 is 12.0 Å². The van der Waals surface area contributed by atoms with Crippen molar-refractivity contribution < 1.29 is 19.4 Å². The molecule has 0 saturated carbocycles. The summed E-state index contributed by atoms with van der Waals surface area (Å²) in [4.78, 5) is 11.4. The fourth-order valence-corrected chi connectivity index (χ4v) is 3.53. The van der Waals surface area contributed by atoms with Crippen LogP contribution < -0.4 is 14.8 Å². The van der Waals surface area contributed by atoms with E-state index in [2.05, 4.69) is 11.4 Å². The lowest BCUT2D eigenvalue weighted by Crippen LogP contribution is -2.36. The van der Waals surface area contributed by atoms with Crippen LogP contribution in [0.25, 0.3) is 0 Å². The van der Waals surface area contributed by atoms with Gasteiger partial charge in [-0.15, -0.1) is 0 Å². The van der Waals surface area contributed by atoms with E-state index in [0.29, 0.717) is 42.7 Å². The number of ether oxygens (including phenoxy) is 2. The second-order valence-corrected chi connectivity index (χ2v) is 8.05. The molecule has 0 aromatic heterocycles. The Morgan fingerprint density at radius 1 is 1.24 bits per heavy atom. The average molecular weight is 438 g/mol. The maximum Gasteiger partial charge on any atom is 0.320 e. The van der Waals surface area contributed by atoms with E-state index in [4.69, 9.17) is 21.1 Å². The Morgan fingerprint density at radius 2 is 2.00 bits per heavy atom. The van der Waals surface area contributed by atoms with Crippen LogP contribution in [0.2, 0.25) is 5.02 Å². The number of rotatable bonds is 12. The van der Waals surface area contributed by atoms with Crippen LogP contribution in [-0.4, -0.2) is 35.7 Å². The van der Waals surface area contributed by atoms with E-state index >= 15 is 0 Å². The topological polar surface area (TPSA) is 67.8 Å². The summed E-state index contributed by atoms with van der Waals surface area (Å²) in [6.07, 6.45) is 2.50. The molecule has 0 bridgehead atoms. The van der Waals surface area contributed by atoms with E-state index in [1.54, 1.807) is 17.8 Å². The van der Waals surface area contributed by atoms with Gasteiger partial charge in [0.25, 0.3) is 0 Å². The van der Waals surface area contributed by atoms with Gasteiger partial charge in [-0.05, 0) is 49.5 Å². The maximum atomic E-state index is 11.4. The van der Waals surface area contributed by atoms with Gasteiger partial charge in [0.15, 0.2) is 11.5 Å². The van der Waals surface area contributed by atoms with Gasteiger partial charge in [0.1, 0.15) is 12.6 Å². The molecule has 1 unspecified atom stereocenters. The number of benzene rings is 2. The number of aliphatic carboxylic acids is 1. The third-order valence-corrected chi connectivity index (χ3v) is 5.33. The second-order valence-electron chi connectivity index (χ2n) is 6.65. The molecule has 2 rings (SSSR count). The van der Waals surface area contributed by atoms with Gasteiger partial charge in [-0.25, -0.2) is 0 Å². The lowest BCUT2D eigenvalue weighted by atomic mass is 10.1. The minimum absolute atomic E-state index is 0.336. The number of nitrogens with one attached hydrogen (secondary N) is 1. The highest BCUT2D eigenvalue weighted by molar-refractivity contribution is 7.98. The largest absolute Gasteiger partial charge is 0.490 e. The van der Waals surface area contributed by atoms with Gasteiger partial charge in [-0.3, -0.25) is 4.79 Å². The number of hydrogen-bond acceptors (Lipinski definition) is 5. The number of thioether (sulfide) groups is 1. The molecule has 0 aliphatic carbocycles. The summed E-state index contributed by atoms with van der Waals surface area (Å²) in [7, 11) is 0. The minimum Gasteiger partial charge on any atom is -0.490 e. The van der Waals surface area contributed by atoms with Gasteiger partial charge in [0.2, 0.25) is 0 Å². The van der Waals surface area contributed by atoms with E-state index in [1.165, 1.54) is 5.56 Å². The second kappa shape index (κ2) is 12.0. The molecule has 0 spiro atoms. The predicted molar refractivity (Wildman–Crippen MR) is 119 cm³/mol. The van der Waals surface area contributed by atoms with E-state index in [9.17, 15) is 9.90 Å². The van der Waals surface area contributed by atoms with Crippen molar-refractivity contribution in [2.75, 3.05) is 18.6 Å². The number of carbonyl (C=O) groups is 1. The molecule has 0 aliphatic heterocycles. The molecular formula is C22H28ClNO4S. The monoisotopic (exact) mass is 437 g/mol. The summed E-state index contributed by atoms with van der Waals surface area (Å²) < 4.78 is 11.7. The summed E-state index contributed by atoms with van der Waals surface area (Å²) in [6, 6.07) is 11.0. The van der Waals surface area contributed by atoms with Gasteiger partial charge >= 0.3 is 5.97 Å². The molecule has 0 saturated heterocycles. The predicted octanol–water partition coefficient (Wildman–Crippen LogP) is 4.92. The normalized spacial score (nSPS) is 11.9. The number of aryl methyl sites for hydroxylation is 1. The standard InChI is InChI=1S/C22H28ClNO4S/c1-4-27-20-11-17(13-24-19(22(25)26)8-9-29-3)18(23)12-21(20)28-14-16-7-5-6-15(2)10-16/h5-7,10-12,19,24H,4,8-9,13-14H2,1-3H3,(H,25,26). The van der Waals surface area contributed by atoms with Crippen LogP contribution >= 0.6 is 23.4 Å². The molecule has 158 valence electrons. The number of carboxylic acid groups (broad SMARTS) is 1. The Bertz CT molecular complexity index is 815. The Kier molecular flexibility index (Phi) is 9.64. The van der Waals surface area contributed by atoms with Crippen molar-refractivity contribution in [2.45, 2.75) is 39.5 Å². The van der Waals surface area contributed by atoms with Gasteiger partial charge in [0, 0.05) is 17.6 Å². The summed E-state index contributed by atoms with van der Waals surface area (Å²) in [5.41, 5.74) is 3.01. The third kappa shape index (κ3) is 7.46. The Labute approximate surface area is 181 Å². The zero-order valence-corrected chi connectivity index (χ0v) is 18.6. The molecule has 2 N–H and O–H groups in total. The van der Waals surface area contributed by atoms with Crippen LogP contribution in [0.1, 0.15) is 30.0 Å². The number of halogens is 1. The summed E-state index contributed by atoms with van der Waals surface area (Å²) >= 11 is 8.07. The molecule has 7 heteroatoms. The van der Waals surface area contributed by atoms with Crippen molar-refractivity contribution in [1.29, 1.82) is 0 Å². The fourth-order valence-electron chi connectivity index (χ4n) is 2.84. The highest BCUT2D eigenvalue weighted by atomic mass is 35.5. The number of carboxylic acids is 1. The zero-order valence-electron chi connectivity index (χ0n) is 17.0. The molecule has 2 aromatic rings. The first kappa shape index (κ1) is 23.4. The SMILES string of the molecule is CCOc1cc(CNC(CCSC)C(=O)O)c(Cl)cc1OCc1cccc(C)c1. The lowest BCUT2D eigenvalue weighted by molar-refractivity contribution is -0.139. The molecule has 0 amide bonds. The first-order chi connectivity index (χ1) is 13.9. The quantitative estimate of drug-likeness (QED) is 0.491. The highest BCUT2D eigenvalue weighted by Gasteiger charge is 2.18. The van der Waals surface area contributed by atoms with Crippen molar-refractivity contribution >= 4 is 29.3 Å². The van der Waals surface area contributed by atoms with Gasteiger partial charge in [-0.2, -0.15) is 11.8 Å². The molecule has 0 aliphatic rings. The van der Waals surface area contributed by atoms with Gasteiger partial charge < -0.3 is 19.9 Å². The first-order valence-corrected chi connectivity index (χ1v) is 11.3. The van der Waals surface area contributed by atoms with Crippen molar-refractivity contribution in [3.63, 3.8) is 0 Å². The smallest absolute Gasteiger partial charge is 0.320 e. The molecule has 0 radical (unpaired) electrons. The van der Waals surface area contributed by atoms with Crippen molar-refractivity contribution in [1.82, 2.24) is 5.32 Å². The summed E-state index contributed by atoms with van der Waals surface area (Å²) in [6.45, 7) is 5.17. The third-order valence-electron chi connectivity index (χ3n) is 4.34. The van der Waals surface area contributed by atoms with Crippen molar-refractivity contribution in [3.05, 3.63) is 58.1 Å². The Morgan fingerprint density at radius 3 is 2.66 bits per heavy atom. The van der Waals surface area contributed by atoms with Crippen LogP contribution in [-0.2, 0) is 17.9 Å². The zero-order chi connectivity index (χ0) is 21.2. The molecule has 29 heavy (non-hydrogen) atoms. The number of hydrogen-bond donors (Lipinski definition) is 2. The fraction of sp³-hybridized carbons (Fsp3) is 0.409. The Hall–Kier alpha value is -1.89. The average Bonchev–Trinajstić information content (AvgIpc) is 2.68. The van der Waals surface area contributed by atoms with E-state index in [-0.39, 0.29) is 0 Å². The molecule has 5 nitrogen and oxygen atoms in total. The van der Waals surface area contributed by atoms with E-state index in [1.807, 2.05) is 44.4 Å². The van der Waals surface area contributed by atoms with Crippen molar-refractivity contribution in [3.8, 4) is 11.5 Å². The van der Waals surface area contributed by atoms with Crippen LogP contribution in [0.3, 0.4) is 0 Å². The van der Waals surface area contributed by atoms with Gasteiger partial charge in [-0.1, -0.05) is 41.4 Å². The van der Waals surface area contributed by atoms with Crippen LogP contribution in [0.5, 0.6) is 11.5 Å². The van der Waals surface area contributed by atoms with Crippen LogP contribution in [0, 0.1) is 6.92 Å². The minimum atomic E-state index is -0.863. The maximum absolute atomic E-state index is 11.4. The Balaban J connectivity index is 2.12. The molecular weight excluding hydrogens is 410 g/mol. The van der Waals surface area contributed by atoms with Gasteiger partial charge in [0.05, 0.1) is 6.61 Å². The molecule has 0 heterocycles. The van der Waals surface area contributed by atoms with Crippen LogP contribution in [0.15, 0.2) is 36.4 Å². The first-order valence-electron chi connectivity index (χ1n) is 9.53. The molecule has 2 aromatic carbocycles. The van der Waals surface area contributed by atoms with Crippen LogP contribution in [0.4, 0.5) is 0 Å². The summed E-state index contributed by atoms with van der Waals surface area (Å²) in [5.74, 6) is 1.07. The summed E-state index contributed by atoms with van der Waals surface area (Å²) in [5, 5.41) is 13.0. The molecule has 1 atom stereocenters. The lowest BCUT2D eigenvalue weighted by Gasteiger charge is -2.17. The highest BCUT2D eigenvalue weighted by Crippen LogP contribution is 2.34.